The van der Waals surface area contributed by atoms with E-state index in [2.05, 4.69) is 22.0 Å². The van der Waals surface area contributed by atoms with E-state index in [1.165, 1.54) is 5.56 Å². The number of benzene rings is 2. The second-order valence-electron chi connectivity index (χ2n) is 6.12. The van der Waals surface area contributed by atoms with E-state index in [1.807, 2.05) is 50.4 Å². The highest BCUT2D eigenvalue weighted by molar-refractivity contribution is 6.35. The van der Waals surface area contributed by atoms with Gasteiger partial charge in [-0.05, 0) is 50.7 Å². The van der Waals surface area contributed by atoms with Crippen LogP contribution in [0.4, 0.5) is 0 Å². The van der Waals surface area contributed by atoms with E-state index in [4.69, 9.17) is 27.6 Å². The van der Waals surface area contributed by atoms with Gasteiger partial charge in [0.1, 0.15) is 0 Å². The van der Waals surface area contributed by atoms with Crippen LogP contribution in [0.5, 0.6) is 0 Å². The summed E-state index contributed by atoms with van der Waals surface area (Å²) in [5.41, 5.74) is 3.12. The highest BCUT2D eigenvalue weighted by Crippen LogP contribution is 2.30. The van der Waals surface area contributed by atoms with Crippen molar-refractivity contribution in [1.82, 2.24) is 15.1 Å². The van der Waals surface area contributed by atoms with Gasteiger partial charge in [0.2, 0.25) is 11.8 Å². The predicted molar refractivity (Wildman–Crippen MR) is 101 cm³/mol. The molecule has 1 unspecified atom stereocenters. The second kappa shape index (κ2) is 7.56. The van der Waals surface area contributed by atoms with Crippen LogP contribution in [-0.2, 0) is 6.54 Å². The third-order valence-electron chi connectivity index (χ3n) is 4.22. The van der Waals surface area contributed by atoms with Crippen molar-refractivity contribution < 1.29 is 4.42 Å². The Labute approximate surface area is 157 Å². The molecule has 0 radical (unpaired) electrons. The van der Waals surface area contributed by atoms with Gasteiger partial charge < -0.3 is 4.42 Å². The summed E-state index contributed by atoms with van der Waals surface area (Å²) in [6.07, 6.45) is 0. The maximum absolute atomic E-state index is 6.31. The summed E-state index contributed by atoms with van der Waals surface area (Å²) in [4.78, 5) is 2.10. The lowest BCUT2D eigenvalue weighted by atomic mass is 10.1. The molecule has 130 valence electrons. The average molecular weight is 376 g/mol. The Morgan fingerprint density at radius 2 is 1.80 bits per heavy atom. The first-order valence-electron chi connectivity index (χ1n) is 7.98. The zero-order valence-electron chi connectivity index (χ0n) is 14.3. The Hall–Kier alpha value is -1.88. The van der Waals surface area contributed by atoms with E-state index in [0.29, 0.717) is 28.4 Å². The molecule has 3 aromatic rings. The lowest BCUT2D eigenvalue weighted by Crippen LogP contribution is -2.22. The molecule has 2 aromatic carbocycles. The molecule has 0 aliphatic rings. The van der Waals surface area contributed by atoms with Crippen LogP contribution >= 0.6 is 23.2 Å². The zero-order chi connectivity index (χ0) is 18.0. The van der Waals surface area contributed by atoms with Gasteiger partial charge in [0.15, 0.2) is 0 Å². The molecule has 1 atom stereocenters. The normalized spacial score (nSPS) is 12.6. The number of aryl methyl sites for hydroxylation is 1. The zero-order valence-corrected chi connectivity index (χ0v) is 15.8. The summed E-state index contributed by atoms with van der Waals surface area (Å²) in [6.45, 7) is 4.65. The van der Waals surface area contributed by atoms with Crippen LogP contribution in [0.2, 0.25) is 10.0 Å². The Morgan fingerprint density at radius 3 is 2.48 bits per heavy atom. The van der Waals surface area contributed by atoms with E-state index in [-0.39, 0.29) is 6.04 Å². The molecule has 6 heteroatoms. The fourth-order valence-electron chi connectivity index (χ4n) is 2.56. The average Bonchev–Trinajstić information content (AvgIpc) is 3.03. The lowest BCUT2D eigenvalue weighted by Gasteiger charge is -2.24. The lowest BCUT2D eigenvalue weighted by molar-refractivity contribution is 0.228. The van der Waals surface area contributed by atoms with Crippen LogP contribution in [0.25, 0.3) is 11.5 Å². The van der Waals surface area contributed by atoms with Gasteiger partial charge in [0, 0.05) is 21.7 Å². The molecule has 0 N–H and O–H groups in total. The fourth-order valence-corrected chi connectivity index (χ4v) is 3.12. The van der Waals surface area contributed by atoms with Crippen molar-refractivity contribution in [2.24, 2.45) is 0 Å². The molecule has 0 fully saturated rings. The number of halogens is 2. The molecule has 25 heavy (non-hydrogen) atoms. The minimum Gasteiger partial charge on any atom is -0.419 e. The molecule has 0 aliphatic heterocycles. The number of rotatable bonds is 5. The Kier molecular flexibility index (Phi) is 5.42. The van der Waals surface area contributed by atoms with Gasteiger partial charge in [-0.15, -0.1) is 10.2 Å². The highest BCUT2D eigenvalue weighted by atomic mass is 35.5. The van der Waals surface area contributed by atoms with Gasteiger partial charge in [0.05, 0.1) is 6.54 Å². The first-order valence-corrected chi connectivity index (χ1v) is 8.74. The molecule has 0 aliphatic carbocycles. The van der Waals surface area contributed by atoms with Crippen LogP contribution in [0.1, 0.15) is 30.0 Å². The number of nitrogens with zero attached hydrogens (tertiary/aromatic N) is 3. The third-order valence-corrected chi connectivity index (χ3v) is 4.79. The molecule has 0 spiro atoms. The largest absolute Gasteiger partial charge is 0.419 e. The van der Waals surface area contributed by atoms with E-state index in [9.17, 15) is 0 Å². The molecule has 4 nitrogen and oxygen atoms in total. The monoisotopic (exact) mass is 375 g/mol. The smallest absolute Gasteiger partial charge is 0.247 e. The van der Waals surface area contributed by atoms with Crippen LogP contribution < -0.4 is 0 Å². The number of hydrogen-bond donors (Lipinski definition) is 0. The molecular formula is C19H19Cl2N3O. The molecule has 1 heterocycles. The number of aromatic nitrogens is 2. The van der Waals surface area contributed by atoms with Crippen molar-refractivity contribution in [3.63, 3.8) is 0 Å². The Morgan fingerprint density at radius 1 is 1.08 bits per heavy atom. The van der Waals surface area contributed by atoms with Crippen molar-refractivity contribution in [1.29, 1.82) is 0 Å². The molecular weight excluding hydrogens is 357 g/mol. The van der Waals surface area contributed by atoms with Crippen LogP contribution in [0, 0.1) is 6.92 Å². The maximum atomic E-state index is 6.31. The maximum Gasteiger partial charge on any atom is 0.247 e. The minimum atomic E-state index is 0.0829. The quantitative estimate of drug-likeness (QED) is 0.586. The fraction of sp³-hybridized carbons (Fsp3) is 0.263. The first-order chi connectivity index (χ1) is 11.9. The van der Waals surface area contributed by atoms with Gasteiger partial charge in [-0.1, -0.05) is 47.0 Å². The number of hydrogen-bond acceptors (Lipinski definition) is 4. The standard InChI is InChI=1S/C19H19Cl2N3O/c1-12-4-6-14(7-5-12)19-23-22-18(25-19)11-24(3)13(2)16-9-8-15(20)10-17(16)21/h4-10,13H,11H2,1-3H3. The van der Waals surface area contributed by atoms with Crippen molar-refractivity contribution in [3.8, 4) is 11.5 Å². The molecule has 1 aromatic heterocycles. The SMILES string of the molecule is Cc1ccc(-c2nnc(CN(C)C(C)c3ccc(Cl)cc3Cl)o2)cc1. The summed E-state index contributed by atoms with van der Waals surface area (Å²) in [6, 6.07) is 13.6. The van der Waals surface area contributed by atoms with Gasteiger partial charge in [0.25, 0.3) is 0 Å². The van der Waals surface area contributed by atoms with Crippen molar-refractivity contribution in [3.05, 3.63) is 69.5 Å². The van der Waals surface area contributed by atoms with E-state index >= 15 is 0 Å². The molecule has 0 saturated heterocycles. The predicted octanol–water partition coefficient (Wildman–Crippen LogP) is 5.54. The van der Waals surface area contributed by atoms with Crippen molar-refractivity contribution in [2.75, 3.05) is 7.05 Å². The van der Waals surface area contributed by atoms with E-state index in [0.717, 1.165) is 11.1 Å². The summed E-state index contributed by atoms with van der Waals surface area (Å²) in [7, 11) is 1.99. The van der Waals surface area contributed by atoms with Gasteiger partial charge >= 0.3 is 0 Å². The molecule has 0 bridgehead atoms. The first kappa shape index (κ1) is 17.9. The van der Waals surface area contributed by atoms with Gasteiger partial charge in [-0.3, -0.25) is 4.90 Å². The molecule has 3 rings (SSSR count). The topological polar surface area (TPSA) is 42.2 Å². The summed E-state index contributed by atoms with van der Waals surface area (Å²) >= 11 is 12.3. The van der Waals surface area contributed by atoms with Crippen molar-refractivity contribution >= 4 is 23.2 Å². The Bertz CT molecular complexity index is 861. The van der Waals surface area contributed by atoms with Gasteiger partial charge in [-0.2, -0.15) is 0 Å². The molecule has 0 saturated carbocycles. The summed E-state index contributed by atoms with van der Waals surface area (Å²) in [5, 5.41) is 9.58. The third kappa shape index (κ3) is 4.21. The second-order valence-corrected chi connectivity index (χ2v) is 6.97. The Balaban J connectivity index is 1.72. The summed E-state index contributed by atoms with van der Waals surface area (Å²) in [5.74, 6) is 1.09. The van der Waals surface area contributed by atoms with Crippen molar-refractivity contribution in [2.45, 2.75) is 26.4 Å². The van der Waals surface area contributed by atoms with E-state index in [1.54, 1.807) is 6.07 Å². The highest BCUT2D eigenvalue weighted by Gasteiger charge is 2.18. The van der Waals surface area contributed by atoms with Crippen LogP contribution in [0.3, 0.4) is 0 Å². The minimum absolute atomic E-state index is 0.0829. The van der Waals surface area contributed by atoms with Gasteiger partial charge in [-0.25, -0.2) is 0 Å². The van der Waals surface area contributed by atoms with E-state index < -0.39 is 0 Å². The summed E-state index contributed by atoms with van der Waals surface area (Å²) < 4.78 is 5.80. The molecule has 0 amide bonds. The van der Waals surface area contributed by atoms with Crippen LogP contribution in [-0.4, -0.2) is 22.1 Å². The van der Waals surface area contributed by atoms with Crippen LogP contribution in [0.15, 0.2) is 46.9 Å².